The Bertz CT molecular complexity index is 1710. The molecule has 1 saturated heterocycles. The number of nitrogens with one attached hydrogen (secondary N) is 1. The molecule has 0 saturated carbocycles. The predicted octanol–water partition coefficient (Wildman–Crippen LogP) is 6.91. The van der Waals surface area contributed by atoms with E-state index >= 15 is 0 Å². The second kappa shape index (κ2) is 12.0. The Kier molecular flexibility index (Phi) is 8.07. The van der Waals surface area contributed by atoms with Gasteiger partial charge in [0.05, 0.1) is 18.7 Å². The zero-order chi connectivity index (χ0) is 31.0. The second-order valence-electron chi connectivity index (χ2n) is 11.7. The van der Waals surface area contributed by atoms with Gasteiger partial charge in [-0.25, -0.2) is 0 Å². The van der Waals surface area contributed by atoms with Gasteiger partial charge >= 0.3 is 6.18 Å². The van der Waals surface area contributed by atoms with Crippen LogP contribution in [0.3, 0.4) is 0 Å². The van der Waals surface area contributed by atoms with Crippen molar-refractivity contribution in [1.82, 2.24) is 14.8 Å². The summed E-state index contributed by atoms with van der Waals surface area (Å²) in [5.74, 6) is -0.406. The fraction of sp³-hybridized carbons (Fsp3) is 0.314. The van der Waals surface area contributed by atoms with E-state index in [0.717, 1.165) is 42.4 Å². The molecule has 2 aliphatic heterocycles. The summed E-state index contributed by atoms with van der Waals surface area (Å²) in [6.45, 7) is 4.08. The number of fused-ring (bicyclic) bond motifs is 2. The van der Waals surface area contributed by atoms with E-state index < -0.39 is 11.7 Å². The van der Waals surface area contributed by atoms with Gasteiger partial charge < -0.3 is 19.7 Å². The normalized spacial score (nSPS) is 16.8. The Labute approximate surface area is 255 Å². The number of alkyl halides is 3. The second-order valence-corrected chi connectivity index (χ2v) is 11.7. The number of hydrogen-bond acceptors (Lipinski definition) is 3. The summed E-state index contributed by atoms with van der Waals surface area (Å²) in [5.41, 5.74) is 3.74. The van der Waals surface area contributed by atoms with Crippen molar-refractivity contribution in [3.05, 3.63) is 113 Å². The fourth-order valence-electron chi connectivity index (χ4n) is 6.55. The molecule has 9 heteroatoms. The van der Waals surface area contributed by atoms with Crippen molar-refractivity contribution in [2.45, 2.75) is 51.5 Å². The van der Waals surface area contributed by atoms with Crippen LogP contribution < -0.4 is 10.2 Å². The van der Waals surface area contributed by atoms with Crippen LogP contribution in [0, 0.1) is 6.92 Å². The summed E-state index contributed by atoms with van der Waals surface area (Å²) < 4.78 is 43.1. The Morgan fingerprint density at radius 2 is 1.70 bits per heavy atom. The SMILES string of the molecule is Cc1cc(C(=O)N2Cc3ccc(C(=O)NCCC4CCCN4C)n3Cc3ccccc32)ccc1-c1ccccc1C(F)(F)F. The van der Waals surface area contributed by atoms with Gasteiger partial charge in [-0.1, -0.05) is 42.5 Å². The number of nitrogens with zero attached hydrogens (tertiary/aromatic N) is 3. The first-order valence-electron chi connectivity index (χ1n) is 15.0. The standard InChI is InChI=1S/C35H35F3N4O2/c1-23-20-24(13-15-28(23)29-10-4-5-11-30(29)35(36,37)38)34(44)42-22-27-14-16-32(41(27)21-25-8-3-6-12-31(25)42)33(43)39-18-17-26-9-7-19-40(26)2/h3-6,8,10-16,20,26H,7,9,17-19,21-22H2,1-2H3,(H,39,43). The molecule has 0 spiro atoms. The molecule has 1 atom stereocenters. The lowest BCUT2D eigenvalue weighted by atomic mass is 9.94. The highest BCUT2D eigenvalue weighted by molar-refractivity contribution is 6.07. The lowest BCUT2D eigenvalue weighted by Crippen LogP contribution is -2.33. The summed E-state index contributed by atoms with van der Waals surface area (Å²) in [5, 5.41) is 3.09. The maximum atomic E-state index is 14.0. The predicted molar refractivity (Wildman–Crippen MR) is 165 cm³/mol. The largest absolute Gasteiger partial charge is 0.417 e. The van der Waals surface area contributed by atoms with Crippen LogP contribution in [0.2, 0.25) is 0 Å². The van der Waals surface area contributed by atoms with Crippen LogP contribution in [-0.4, -0.2) is 47.5 Å². The van der Waals surface area contributed by atoms with Crippen LogP contribution in [0.5, 0.6) is 0 Å². The monoisotopic (exact) mass is 600 g/mol. The molecule has 1 fully saturated rings. The van der Waals surface area contributed by atoms with Crippen molar-refractivity contribution in [1.29, 1.82) is 0 Å². The number of anilines is 1. The van der Waals surface area contributed by atoms with Gasteiger partial charge in [0.2, 0.25) is 0 Å². The van der Waals surface area contributed by atoms with Gasteiger partial charge in [0, 0.05) is 29.5 Å². The summed E-state index contributed by atoms with van der Waals surface area (Å²) in [6.07, 6.45) is -1.26. The van der Waals surface area contributed by atoms with Crippen LogP contribution in [-0.2, 0) is 19.3 Å². The first kappa shape index (κ1) is 29.7. The number of carbonyl (C=O) groups is 2. The topological polar surface area (TPSA) is 57.6 Å². The average Bonchev–Trinajstić information content (AvgIpc) is 3.56. The summed E-state index contributed by atoms with van der Waals surface area (Å²) in [7, 11) is 2.12. The van der Waals surface area contributed by atoms with Crippen molar-refractivity contribution in [2.75, 3.05) is 25.0 Å². The first-order chi connectivity index (χ1) is 21.1. The molecule has 2 aliphatic rings. The lowest BCUT2D eigenvalue weighted by molar-refractivity contribution is -0.137. The van der Waals surface area contributed by atoms with Gasteiger partial charge in [0.25, 0.3) is 11.8 Å². The Morgan fingerprint density at radius 1 is 0.932 bits per heavy atom. The summed E-state index contributed by atoms with van der Waals surface area (Å²) >= 11 is 0. The van der Waals surface area contributed by atoms with Crippen molar-refractivity contribution in [3.63, 3.8) is 0 Å². The van der Waals surface area contributed by atoms with E-state index in [4.69, 9.17) is 0 Å². The molecule has 0 radical (unpaired) electrons. The molecule has 1 unspecified atom stereocenters. The minimum Gasteiger partial charge on any atom is -0.351 e. The zero-order valence-corrected chi connectivity index (χ0v) is 24.8. The summed E-state index contributed by atoms with van der Waals surface area (Å²) in [4.78, 5) is 31.3. The number of carbonyl (C=O) groups excluding carboxylic acids is 2. The van der Waals surface area contributed by atoms with E-state index in [9.17, 15) is 22.8 Å². The summed E-state index contributed by atoms with van der Waals surface area (Å²) in [6, 6.07) is 22.1. The van der Waals surface area contributed by atoms with Crippen LogP contribution in [0.25, 0.3) is 11.1 Å². The van der Waals surface area contributed by atoms with Gasteiger partial charge in [0.1, 0.15) is 5.69 Å². The molecule has 3 heterocycles. The average molecular weight is 601 g/mol. The Balaban J connectivity index is 1.26. The lowest BCUT2D eigenvalue weighted by Gasteiger charge is -2.23. The third-order valence-corrected chi connectivity index (χ3v) is 8.91. The van der Waals surface area contributed by atoms with E-state index in [-0.39, 0.29) is 23.9 Å². The number of benzene rings is 3. The van der Waals surface area contributed by atoms with E-state index in [1.807, 2.05) is 34.9 Å². The van der Waals surface area contributed by atoms with Gasteiger partial charge in [0.15, 0.2) is 0 Å². The van der Waals surface area contributed by atoms with Crippen LogP contribution >= 0.6 is 0 Å². The molecule has 6 nitrogen and oxygen atoms in total. The number of rotatable bonds is 6. The minimum absolute atomic E-state index is 0.0792. The smallest absolute Gasteiger partial charge is 0.351 e. The van der Waals surface area contributed by atoms with Crippen molar-refractivity contribution in [2.24, 2.45) is 0 Å². The number of amides is 2. The fourth-order valence-corrected chi connectivity index (χ4v) is 6.55. The van der Waals surface area contributed by atoms with Crippen LogP contribution in [0.1, 0.15) is 62.5 Å². The zero-order valence-electron chi connectivity index (χ0n) is 24.8. The first-order valence-corrected chi connectivity index (χ1v) is 15.0. The van der Waals surface area contributed by atoms with Gasteiger partial charge in [-0.3, -0.25) is 9.59 Å². The van der Waals surface area contributed by atoms with E-state index in [2.05, 4.69) is 17.3 Å². The molecular weight excluding hydrogens is 565 g/mol. The number of para-hydroxylation sites is 1. The molecule has 228 valence electrons. The van der Waals surface area contributed by atoms with Crippen LogP contribution in [0.4, 0.5) is 18.9 Å². The number of likely N-dealkylation sites (tertiary alicyclic amines) is 1. The van der Waals surface area contributed by atoms with E-state index in [1.165, 1.54) is 18.6 Å². The number of aryl methyl sites for hydroxylation is 1. The van der Waals surface area contributed by atoms with Gasteiger partial charge in [-0.05, 0) is 98.4 Å². The quantitative estimate of drug-likeness (QED) is 0.262. The molecule has 6 rings (SSSR count). The van der Waals surface area contributed by atoms with Crippen molar-refractivity contribution in [3.8, 4) is 11.1 Å². The highest BCUT2D eigenvalue weighted by atomic mass is 19.4. The molecule has 0 aliphatic carbocycles. The van der Waals surface area contributed by atoms with Gasteiger partial charge in [-0.2, -0.15) is 13.2 Å². The third-order valence-electron chi connectivity index (χ3n) is 8.91. The van der Waals surface area contributed by atoms with E-state index in [1.54, 1.807) is 42.2 Å². The van der Waals surface area contributed by atoms with Gasteiger partial charge in [-0.15, -0.1) is 0 Å². The third kappa shape index (κ3) is 5.76. The molecule has 4 aromatic rings. The molecule has 0 bridgehead atoms. The molecule has 3 aromatic carbocycles. The molecule has 1 N–H and O–H groups in total. The van der Waals surface area contributed by atoms with E-state index in [0.29, 0.717) is 41.5 Å². The molecule has 44 heavy (non-hydrogen) atoms. The minimum atomic E-state index is -4.50. The van der Waals surface area contributed by atoms with Crippen molar-refractivity contribution < 1.29 is 22.8 Å². The Hall–Kier alpha value is -4.37. The molecule has 2 amide bonds. The highest BCUT2D eigenvalue weighted by Crippen LogP contribution is 2.38. The number of aromatic nitrogens is 1. The van der Waals surface area contributed by atoms with Crippen molar-refractivity contribution >= 4 is 17.5 Å². The number of halogens is 3. The number of hydrogen-bond donors (Lipinski definition) is 1. The maximum absolute atomic E-state index is 14.0. The molecule has 1 aromatic heterocycles. The highest BCUT2D eigenvalue weighted by Gasteiger charge is 2.34. The Morgan fingerprint density at radius 3 is 2.45 bits per heavy atom. The van der Waals surface area contributed by atoms with Crippen LogP contribution in [0.15, 0.2) is 78.9 Å². The maximum Gasteiger partial charge on any atom is 0.417 e. The molecular formula is C35H35F3N4O2.